The fourth-order valence-corrected chi connectivity index (χ4v) is 3.00. The normalized spacial score (nSPS) is 18.2. The second-order valence-electron chi connectivity index (χ2n) is 6.00. The molecule has 5 nitrogen and oxygen atoms in total. The SMILES string of the molecule is CN(C)C(C(=O)NC1(C(=O)O)CCCC1)c1ccc(F)cc1. The van der Waals surface area contributed by atoms with E-state index in [2.05, 4.69) is 5.32 Å². The van der Waals surface area contributed by atoms with Crippen LogP contribution < -0.4 is 5.32 Å². The van der Waals surface area contributed by atoms with Gasteiger partial charge in [-0.15, -0.1) is 0 Å². The highest BCUT2D eigenvalue weighted by atomic mass is 19.1. The average Bonchev–Trinajstić information content (AvgIpc) is 2.90. The van der Waals surface area contributed by atoms with E-state index < -0.39 is 17.6 Å². The Hall–Kier alpha value is -1.95. The summed E-state index contributed by atoms with van der Waals surface area (Å²) in [6.45, 7) is 0. The summed E-state index contributed by atoms with van der Waals surface area (Å²) in [6, 6.07) is 5.02. The van der Waals surface area contributed by atoms with Crippen LogP contribution >= 0.6 is 0 Å². The van der Waals surface area contributed by atoms with Crippen LogP contribution in [0.2, 0.25) is 0 Å². The van der Waals surface area contributed by atoms with Crippen molar-refractivity contribution in [3.8, 4) is 0 Å². The molecule has 0 saturated heterocycles. The van der Waals surface area contributed by atoms with Crippen molar-refractivity contribution in [2.75, 3.05) is 14.1 Å². The van der Waals surface area contributed by atoms with Gasteiger partial charge in [-0.1, -0.05) is 25.0 Å². The molecule has 0 aliphatic heterocycles. The minimum absolute atomic E-state index is 0.374. The third-order valence-electron chi connectivity index (χ3n) is 4.18. The molecule has 0 heterocycles. The Morgan fingerprint density at radius 2 is 1.77 bits per heavy atom. The Morgan fingerprint density at radius 3 is 2.23 bits per heavy atom. The van der Waals surface area contributed by atoms with E-state index in [0.717, 1.165) is 12.8 Å². The van der Waals surface area contributed by atoms with Gasteiger partial charge >= 0.3 is 5.97 Å². The molecule has 1 aromatic rings. The maximum Gasteiger partial charge on any atom is 0.329 e. The number of aliphatic carboxylic acids is 1. The summed E-state index contributed by atoms with van der Waals surface area (Å²) in [4.78, 5) is 25.9. The molecule has 1 aromatic carbocycles. The zero-order valence-corrected chi connectivity index (χ0v) is 12.8. The largest absolute Gasteiger partial charge is 0.480 e. The van der Waals surface area contributed by atoms with E-state index in [4.69, 9.17) is 0 Å². The van der Waals surface area contributed by atoms with Gasteiger partial charge in [0.2, 0.25) is 5.91 Å². The van der Waals surface area contributed by atoms with E-state index in [9.17, 15) is 19.1 Å². The van der Waals surface area contributed by atoms with Gasteiger partial charge in [0.25, 0.3) is 0 Å². The Labute approximate surface area is 129 Å². The predicted octanol–water partition coefficient (Wildman–Crippen LogP) is 1.94. The lowest BCUT2D eigenvalue weighted by molar-refractivity contribution is -0.148. The number of halogens is 1. The number of carbonyl (C=O) groups is 2. The molecule has 2 rings (SSSR count). The van der Waals surface area contributed by atoms with Crippen molar-refractivity contribution in [1.29, 1.82) is 0 Å². The first kappa shape index (κ1) is 16.4. The van der Waals surface area contributed by atoms with Crippen LogP contribution in [-0.4, -0.2) is 41.5 Å². The van der Waals surface area contributed by atoms with Crippen LogP contribution in [-0.2, 0) is 9.59 Å². The van der Waals surface area contributed by atoms with E-state index in [0.29, 0.717) is 18.4 Å². The number of nitrogens with one attached hydrogen (secondary N) is 1. The molecule has 0 aromatic heterocycles. The van der Waals surface area contributed by atoms with E-state index in [1.165, 1.54) is 12.1 Å². The summed E-state index contributed by atoms with van der Waals surface area (Å²) in [5, 5.41) is 12.2. The first-order chi connectivity index (χ1) is 10.4. The molecular formula is C16H21FN2O3. The topological polar surface area (TPSA) is 69.6 Å². The molecule has 1 saturated carbocycles. The Bertz CT molecular complexity index is 551. The van der Waals surface area contributed by atoms with Crippen LogP contribution in [0.5, 0.6) is 0 Å². The highest BCUT2D eigenvalue weighted by Gasteiger charge is 2.44. The van der Waals surface area contributed by atoms with Crippen molar-refractivity contribution in [2.24, 2.45) is 0 Å². The molecule has 120 valence electrons. The van der Waals surface area contributed by atoms with Gasteiger partial charge in [-0.05, 0) is 44.6 Å². The molecule has 1 amide bonds. The molecule has 0 bridgehead atoms. The lowest BCUT2D eigenvalue weighted by Crippen LogP contribution is -2.55. The van der Waals surface area contributed by atoms with Gasteiger partial charge in [-0.25, -0.2) is 9.18 Å². The Morgan fingerprint density at radius 1 is 1.23 bits per heavy atom. The summed E-state index contributed by atoms with van der Waals surface area (Å²) in [5.74, 6) is -1.74. The molecule has 6 heteroatoms. The number of carbonyl (C=O) groups excluding carboxylic acids is 1. The van der Waals surface area contributed by atoms with Gasteiger partial charge in [-0.2, -0.15) is 0 Å². The molecule has 22 heavy (non-hydrogen) atoms. The number of likely N-dealkylation sites (N-methyl/N-ethyl adjacent to an activating group) is 1. The number of hydrogen-bond acceptors (Lipinski definition) is 3. The van der Waals surface area contributed by atoms with Crippen LogP contribution in [0.15, 0.2) is 24.3 Å². The fourth-order valence-electron chi connectivity index (χ4n) is 3.00. The molecule has 1 atom stereocenters. The lowest BCUT2D eigenvalue weighted by atomic mass is 9.96. The predicted molar refractivity (Wildman–Crippen MR) is 79.8 cm³/mol. The van der Waals surface area contributed by atoms with Crippen molar-refractivity contribution in [3.05, 3.63) is 35.6 Å². The van der Waals surface area contributed by atoms with Crippen LogP contribution in [0.25, 0.3) is 0 Å². The van der Waals surface area contributed by atoms with Gasteiger partial charge in [0.05, 0.1) is 0 Å². The highest BCUT2D eigenvalue weighted by molar-refractivity contribution is 5.90. The van der Waals surface area contributed by atoms with Crippen molar-refractivity contribution < 1.29 is 19.1 Å². The fraction of sp³-hybridized carbons (Fsp3) is 0.500. The van der Waals surface area contributed by atoms with Crippen molar-refractivity contribution in [2.45, 2.75) is 37.3 Å². The Balaban J connectivity index is 2.23. The minimum Gasteiger partial charge on any atom is -0.480 e. The van der Waals surface area contributed by atoms with Crippen molar-refractivity contribution in [3.63, 3.8) is 0 Å². The first-order valence-corrected chi connectivity index (χ1v) is 7.33. The van der Waals surface area contributed by atoms with E-state index in [1.807, 2.05) is 0 Å². The second kappa shape index (κ2) is 6.44. The monoisotopic (exact) mass is 308 g/mol. The van der Waals surface area contributed by atoms with Crippen molar-refractivity contribution in [1.82, 2.24) is 10.2 Å². The zero-order valence-electron chi connectivity index (χ0n) is 12.8. The molecule has 1 aliphatic rings. The number of benzene rings is 1. The third-order valence-corrected chi connectivity index (χ3v) is 4.18. The number of carboxylic acid groups (broad SMARTS) is 1. The smallest absolute Gasteiger partial charge is 0.329 e. The van der Waals surface area contributed by atoms with Gasteiger partial charge < -0.3 is 10.4 Å². The molecule has 0 spiro atoms. The third kappa shape index (κ3) is 3.27. The zero-order chi connectivity index (χ0) is 16.3. The summed E-state index contributed by atoms with van der Waals surface area (Å²) >= 11 is 0. The molecular weight excluding hydrogens is 287 g/mol. The maximum atomic E-state index is 13.1. The van der Waals surface area contributed by atoms with Gasteiger partial charge in [0.1, 0.15) is 17.4 Å². The Kier molecular flexibility index (Phi) is 4.81. The number of carboxylic acids is 1. The second-order valence-corrected chi connectivity index (χ2v) is 6.00. The molecule has 1 fully saturated rings. The maximum absolute atomic E-state index is 13.1. The number of hydrogen-bond donors (Lipinski definition) is 2. The summed E-state index contributed by atoms with van der Waals surface area (Å²) < 4.78 is 13.1. The lowest BCUT2D eigenvalue weighted by Gasteiger charge is -2.30. The van der Waals surface area contributed by atoms with E-state index in [1.54, 1.807) is 31.1 Å². The standard InChI is InChI=1S/C16H21FN2O3/c1-19(2)13(11-5-7-12(17)8-6-11)14(20)18-16(15(21)22)9-3-4-10-16/h5-8,13H,3-4,9-10H2,1-2H3,(H,18,20)(H,21,22). The van der Waals surface area contributed by atoms with Crippen LogP contribution in [0, 0.1) is 5.82 Å². The molecule has 1 aliphatic carbocycles. The van der Waals surface area contributed by atoms with Gasteiger partial charge in [0.15, 0.2) is 0 Å². The van der Waals surface area contributed by atoms with Crippen molar-refractivity contribution >= 4 is 11.9 Å². The molecule has 0 radical (unpaired) electrons. The van der Waals surface area contributed by atoms with E-state index >= 15 is 0 Å². The number of amides is 1. The van der Waals surface area contributed by atoms with E-state index in [-0.39, 0.29) is 11.7 Å². The van der Waals surface area contributed by atoms with Crippen LogP contribution in [0.1, 0.15) is 37.3 Å². The average molecular weight is 308 g/mol. The summed E-state index contributed by atoms with van der Waals surface area (Å²) in [5.41, 5.74) is -0.548. The number of nitrogens with zero attached hydrogens (tertiary/aromatic N) is 1. The number of rotatable bonds is 5. The molecule has 2 N–H and O–H groups in total. The first-order valence-electron chi connectivity index (χ1n) is 7.33. The quantitative estimate of drug-likeness (QED) is 0.872. The highest BCUT2D eigenvalue weighted by Crippen LogP contribution is 2.31. The summed E-state index contributed by atoms with van der Waals surface area (Å²) in [7, 11) is 3.46. The summed E-state index contributed by atoms with van der Waals surface area (Å²) in [6.07, 6.45) is 2.46. The van der Waals surface area contributed by atoms with Crippen LogP contribution in [0.4, 0.5) is 4.39 Å². The molecule has 1 unspecified atom stereocenters. The minimum atomic E-state index is -1.18. The van der Waals surface area contributed by atoms with Gasteiger partial charge in [-0.3, -0.25) is 9.69 Å². The van der Waals surface area contributed by atoms with Crippen LogP contribution in [0.3, 0.4) is 0 Å². The van der Waals surface area contributed by atoms with Gasteiger partial charge in [0, 0.05) is 0 Å².